The van der Waals surface area contributed by atoms with Crippen molar-refractivity contribution in [3.05, 3.63) is 23.8 Å². The third-order valence-corrected chi connectivity index (χ3v) is 3.72. The molecule has 6 heteroatoms. The predicted molar refractivity (Wildman–Crippen MR) is 78.4 cm³/mol. The number of hydrogen-bond donors (Lipinski definition) is 1. The van der Waals surface area contributed by atoms with Gasteiger partial charge in [-0.1, -0.05) is 12.1 Å². The zero-order valence-corrected chi connectivity index (χ0v) is 12.7. The lowest BCUT2D eigenvalue weighted by atomic mass is 9.98. The van der Waals surface area contributed by atoms with Crippen molar-refractivity contribution in [2.45, 2.75) is 18.5 Å². The first-order chi connectivity index (χ1) is 10.0. The molecule has 6 nitrogen and oxygen atoms in total. The Labute approximate surface area is 124 Å². The van der Waals surface area contributed by atoms with E-state index in [0.717, 1.165) is 5.56 Å². The second-order valence-electron chi connectivity index (χ2n) is 5.27. The molecule has 2 rings (SSSR count). The van der Waals surface area contributed by atoms with Crippen molar-refractivity contribution in [2.75, 3.05) is 34.5 Å². The molecule has 0 aliphatic carbocycles. The van der Waals surface area contributed by atoms with Crippen LogP contribution in [-0.4, -0.2) is 50.8 Å². The van der Waals surface area contributed by atoms with Gasteiger partial charge in [-0.05, 0) is 12.5 Å². The lowest BCUT2D eigenvalue weighted by Crippen LogP contribution is -2.54. The van der Waals surface area contributed by atoms with E-state index in [-0.39, 0.29) is 12.5 Å². The van der Waals surface area contributed by atoms with E-state index in [2.05, 4.69) is 0 Å². The Morgan fingerprint density at radius 1 is 1.43 bits per heavy atom. The zero-order valence-electron chi connectivity index (χ0n) is 12.7. The Morgan fingerprint density at radius 2 is 2.19 bits per heavy atom. The van der Waals surface area contributed by atoms with E-state index in [1.54, 1.807) is 26.2 Å². The van der Waals surface area contributed by atoms with Gasteiger partial charge in [-0.25, -0.2) is 0 Å². The third kappa shape index (κ3) is 3.11. The maximum atomic E-state index is 12.5. The van der Waals surface area contributed by atoms with Gasteiger partial charge in [-0.2, -0.15) is 0 Å². The first kappa shape index (κ1) is 15.6. The fourth-order valence-corrected chi connectivity index (χ4v) is 2.54. The van der Waals surface area contributed by atoms with Crippen molar-refractivity contribution >= 4 is 5.91 Å². The van der Waals surface area contributed by atoms with Gasteiger partial charge >= 0.3 is 0 Å². The van der Waals surface area contributed by atoms with Crippen molar-refractivity contribution in [2.24, 2.45) is 5.73 Å². The van der Waals surface area contributed by atoms with Gasteiger partial charge in [0.15, 0.2) is 11.5 Å². The van der Waals surface area contributed by atoms with Gasteiger partial charge in [0, 0.05) is 25.8 Å². The zero-order chi connectivity index (χ0) is 15.5. The van der Waals surface area contributed by atoms with Gasteiger partial charge in [0.05, 0.1) is 20.8 Å². The summed E-state index contributed by atoms with van der Waals surface area (Å²) in [5.74, 6) is 1.15. The number of hydrogen-bond acceptors (Lipinski definition) is 5. The molecule has 2 N–H and O–H groups in total. The van der Waals surface area contributed by atoms with E-state index in [1.165, 1.54) is 0 Å². The van der Waals surface area contributed by atoms with Crippen molar-refractivity contribution in [3.8, 4) is 11.5 Å². The first-order valence-corrected chi connectivity index (χ1v) is 6.84. The molecule has 0 radical (unpaired) electrons. The molecule has 21 heavy (non-hydrogen) atoms. The van der Waals surface area contributed by atoms with Gasteiger partial charge in [0.2, 0.25) is 5.91 Å². The van der Waals surface area contributed by atoms with Crippen molar-refractivity contribution in [3.63, 3.8) is 0 Å². The Balaban J connectivity index is 2.16. The number of amides is 1. The summed E-state index contributed by atoms with van der Waals surface area (Å²) in [6.45, 7) is 1.20. The van der Waals surface area contributed by atoms with Crippen LogP contribution in [0.4, 0.5) is 0 Å². The second kappa shape index (κ2) is 6.32. The molecule has 0 bridgehead atoms. The van der Waals surface area contributed by atoms with Crippen LogP contribution >= 0.6 is 0 Å². The number of carbonyl (C=O) groups is 1. The van der Waals surface area contributed by atoms with Crippen LogP contribution in [0.15, 0.2) is 18.2 Å². The highest BCUT2D eigenvalue weighted by molar-refractivity contribution is 5.86. The van der Waals surface area contributed by atoms with E-state index >= 15 is 0 Å². The molecule has 1 amide bonds. The van der Waals surface area contributed by atoms with E-state index in [9.17, 15) is 4.79 Å². The third-order valence-electron chi connectivity index (χ3n) is 3.72. The number of carbonyl (C=O) groups excluding carboxylic acids is 1. The molecule has 1 aliphatic heterocycles. The normalized spacial score (nSPS) is 21.1. The largest absolute Gasteiger partial charge is 0.493 e. The van der Waals surface area contributed by atoms with Gasteiger partial charge in [0.1, 0.15) is 5.54 Å². The summed E-state index contributed by atoms with van der Waals surface area (Å²) in [5, 5.41) is 0. The molecule has 1 unspecified atom stereocenters. The topological polar surface area (TPSA) is 74.0 Å². The van der Waals surface area contributed by atoms with Crippen LogP contribution in [-0.2, 0) is 16.1 Å². The SMILES string of the molecule is COc1cccc(CN(C)C(=O)C2(N)CCOC2)c1OC. The number of nitrogens with two attached hydrogens (primary N) is 1. The van der Waals surface area contributed by atoms with Gasteiger partial charge in [-0.15, -0.1) is 0 Å². The Hall–Kier alpha value is -1.79. The molecule has 1 saturated heterocycles. The first-order valence-electron chi connectivity index (χ1n) is 6.84. The fraction of sp³-hybridized carbons (Fsp3) is 0.533. The van der Waals surface area contributed by atoms with Gasteiger partial charge < -0.3 is 24.8 Å². The summed E-state index contributed by atoms with van der Waals surface area (Å²) in [7, 11) is 4.90. The number of benzene rings is 1. The molecular formula is C15H22N2O4. The molecule has 116 valence electrons. The van der Waals surface area contributed by atoms with Crippen LogP contribution in [0.1, 0.15) is 12.0 Å². The van der Waals surface area contributed by atoms with Crippen LogP contribution in [0, 0.1) is 0 Å². The minimum atomic E-state index is -0.916. The summed E-state index contributed by atoms with van der Waals surface area (Å²) in [6.07, 6.45) is 0.547. The van der Waals surface area contributed by atoms with Gasteiger partial charge in [0.25, 0.3) is 0 Å². The minimum absolute atomic E-state index is 0.120. The van der Waals surface area contributed by atoms with Crippen LogP contribution in [0.25, 0.3) is 0 Å². The van der Waals surface area contributed by atoms with E-state index in [4.69, 9.17) is 19.9 Å². The van der Waals surface area contributed by atoms with E-state index in [0.29, 0.717) is 31.1 Å². The van der Waals surface area contributed by atoms with E-state index in [1.807, 2.05) is 18.2 Å². The summed E-state index contributed by atoms with van der Waals surface area (Å²) < 4.78 is 15.9. The lowest BCUT2D eigenvalue weighted by molar-refractivity contribution is -0.136. The molecular weight excluding hydrogens is 272 g/mol. The number of nitrogens with zero attached hydrogens (tertiary/aromatic N) is 1. The van der Waals surface area contributed by atoms with Crippen molar-refractivity contribution in [1.29, 1.82) is 0 Å². The Bertz CT molecular complexity index is 512. The molecule has 1 aliphatic rings. The molecule has 0 aromatic heterocycles. The average molecular weight is 294 g/mol. The van der Waals surface area contributed by atoms with Crippen molar-refractivity contribution in [1.82, 2.24) is 4.90 Å². The maximum Gasteiger partial charge on any atom is 0.245 e. The standard InChI is InChI=1S/C15H22N2O4/c1-17(14(18)15(16)7-8-21-10-15)9-11-5-4-6-12(19-2)13(11)20-3/h4-6H,7-10,16H2,1-3H3. The van der Waals surface area contributed by atoms with Crippen LogP contribution in [0.5, 0.6) is 11.5 Å². The highest BCUT2D eigenvalue weighted by Crippen LogP contribution is 2.31. The molecule has 1 aromatic carbocycles. The van der Waals surface area contributed by atoms with Crippen LogP contribution < -0.4 is 15.2 Å². The van der Waals surface area contributed by atoms with Gasteiger partial charge in [-0.3, -0.25) is 4.79 Å². The minimum Gasteiger partial charge on any atom is -0.493 e. The number of rotatable bonds is 5. The number of methoxy groups -OCH3 is 2. The smallest absolute Gasteiger partial charge is 0.245 e. The van der Waals surface area contributed by atoms with Crippen molar-refractivity contribution < 1.29 is 19.0 Å². The summed E-state index contributed by atoms with van der Waals surface area (Å²) >= 11 is 0. The molecule has 0 saturated carbocycles. The molecule has 1 atom stereocenters. The molecule has 1 aromatic rings. The predicted octanol–water partition coefficient (Wildman–Crippen LogP) is 0.780. The number of para-hydroxylation sites is 1. The fourth-order valence-electron chi connectivity index (χ4n) is 2.54. The second-order valence-corrected chi connectivity index (χ2v) is 5.27. The van der Waals surface area contributed by atoms with Crippen LogP contribution in [0.2, 0.25) is 0 Å². The number of likely N-dealkylation sites (N-methyl/N-ethyl adjacent to an activating group) is 1. The number of ether oxygens (including phenoxy) is 3. The maximum absolute atomic E-state index is 12.5. The Kier molecular flexibility index (Phi) is 4.69. The quantitative estimate of drug-likeness (QED) is 0.868. The van der Waals surface area contributed by atoms with E-state index < -0.39 is 5.54 Å². The molecule has 1 fully saturated rings. The highest BCUT2D eigenvalue weighted by Gasteiger charge is 2.40. The monoisotopic (exact) mass is 294 g/mol. The highest BCUT2D eigenvalue weighted by atomic mass is 16.5. The Morgan fingerprint density at radius 3 is 2.76 bits per heavy atom. The lowest BCUT2D eigenvalue weighted by Gasteiger charge is -2.28. The average Bonchev–Trinajstić information content (AvgIpc) is 2.94. The molecule has 1 heterocycles. The summed E-state index contributed by atoms with van der Waals surface area (Å²) in [5.41, 5.74) is 6.07. The summed E-state index contributed by atoms with van der Waals surface area (Å²) in [4.78, 5) is 14.1. The van der Waals surface area contributed by atoms with Crippen LogP contribution in [0.3, 0.4) is 0 Å². The summed E-state index contributed by atoms with van der Waals surface area (Å²) in [6, 6.07) is 5.59. The molecule has 0 spiro atoms.